The number of fused-ring (bicyclic) bond motifs is 1. The Morgan fingerprint density at radius 1 is 1.59 bits per heavy atom. The summed E-state index contributed by atoms with van der Waals surface area (Å²) in [6.07, 6.45) is 1.28. The highest BCUT2D eigenvalue weighted by Gasteiger charge is 2.61. The molecule has 92 valence electrons. The predicted octanol–water partition coefficient (Wildman–Crippen LogP) is 2.72. The summed E-state index contributed by atoms with van der Waals surface area (Å²) in [6, 6.07) is 1.81. The Bertz CT molecular complexity index is 424. The van der Waals surface area contributed by atoms with Gasteiger partial charge in [-0.15, -0.1) is 0 Å². The van der Waals surface area contributed by atoms with E-state index >= 15 is 0 Å². The van der Waals surface area contributed by atoms with Crippen LogP contribution < -0.4 is 0 Å². The molecule has 0 spiro atoms. The molecule has 1 aliphatic carbocycles. The van der Waals surface area contributed by atoms with E-state index in [9.17, 15) is 4.79 Å². The summed E-state index contributed by atoms with van der Waals surface area (Å²) in [5.41, 5.74) is 0.612. The van der Waals surface area contributed by atoms with Crippen molar-refractivity contribution in [1.29, 1.82) is 0 Å². The average molecular weight is 252 g/mol. The summed E-state index contributed by atoms with van der Waals surface area (Å²) in [5, 5.41) is 3.72. The van der Waals surface area contributed by atoms with Gasteiger partial charge in [-0.2, -0.15) is 11.3 Å². The van der Waals surface area contributed by atoms with Crippen LogP contribution in [0.15, 0.2) is 16.8 Å². The smallest absolute Gasteiger partial charge is 0.339 e. The fourth-order valence-electron chi connectivity index (χ4n) is 3.08. The van der Waals surface area contributed by atoms with Gasteiger partial charge in [0.2, 0.25) is 0 Å². The van der Waals surface area contributed by atoms with E-state index in [4.69, 9.17) is 9.47 Å². The largest absolute Gasteiger partial charge is 0.458 e. The molecule has 2 aliphatic rings. The van der Waals surface area contributed by atoms with Crippen LogP contribution >= 0.6 is 11.3 Å². The molecular weight excluding hydrogens is 236 g/mol. The highest BCUT2D eigenvalue weighted by Crippen LogP contribution is 2.53. The van der Waals surface area contributed by atoms with Crippen LogP contribution in [0.1, 0.15) is 30.6 Å². The molecule has 3 nitrogen and oxygen atoms in total. The minimum Gasteiger partial charge on any atom is -0.458 e. The zero-order chi connectivity index (χ0) is 12.0. The van der Waals surface area contributed by atoms with Crippen LogP contribution in [-0.2, 0) is 9.47 Å². The topological polar surface area (TPSA) is 35.5 Å². The lowest BCUT2D eigenvalue weighted by Crippen LogP contribution is -2.61. The van der Waals surface area contributed by atoms with Crippen molar-refractivity contribution in [2.45, 2.75) is 32.5 Å². The Labute approximate surface area is 105 Å². The third kappa shape index (κ3) is 1.62. The predicted molar refractivity (Wildman–Crippen MR) is 65.2 cm³/mol. The van der Waals surface area contributed by atoms with Crippen molar-refractivity contribution in [3.63, 3.8) is 0 Å². The molecule has 1 aromatic rings. The number of thiophene rings is 1. The minimum atomic E-state index is -0.199. The lowest BCUT2D eigenvalue weighted by atomic mass is 9.59. The molecule has 0 N–H and O–H groups in total. The molecule has 3 unspecified atom stereocenters. The van der Waals surface area contributed by atoms with Gasteiger partial charge in [-0.25, -0.2) is 4.79 Å². The second kappa shape index (κ2) is 3.82. The Morgan fingerprint density at radius 2 is 2.41 bits per heavy atom. The Hall–Kier alpha value is -0.870. The third-order valence-corrected chi connectivity index (χ3v) is 4.67. The first-order valence-electron chi connectivity index (χ1n) is 5.95. The molecule has 0 bridgehead atoms. The maximum atomic E-state index is 11.9. The third-order valence-electron chi connectivity index (χ3n) is 3.98. The zero-order valence-electron chi connectivity index (χ0n) is 10.0. The first-order chi connectivity index (χ1) is 8.10. The maximum absolute atomic E-state index is 11.9. The minimum absolute atomic E-state index is 0.00222. The normalized spacial score (nSPS) is 33.9. The van der Waals surface area contributed by atoms with Crippen molar-refractivity contribution < 1.29 is 14.3 Å². The van der Waals surface area contributed by atoms with Gasteiger partial charge >= 0.3 is 5.97 Å². The molecule has 1 aliphatic heterocycles. The number of rotatable bonds is 2. The van der Waals surface area contributed by atoms with E-state index in [2.05, 4.69) is 13.8 Å². The van der Waals surface area contributed by atoms with E-state index in [1.807, 2.05) is 10.8 Å². The number of ether oxygens (including phenoxy) is 2. The number of esters is 1. The number of carbonyl (C=O) groups excluding carboxylic acids is 1. The van der Waals surface area contributed by atoms with Gasteiger partial charge in [0.15, 0.2) is 0 Å². The molecule has 1 saturated carbocycles. The van der Waals surface area contributed by atoms with Crippen molar-refractivity contribution in [2.75, 3.05) is 6.61 Å². The van der Waals surface area contributed by atoms with Crippen molar-refractivity contribution in [2.24, 2.45) is 11.3 Å². The van der Waals surface area contributed by atoms with Crippen LogP contribution in [0.2, 0.25) is 0 Å². The Balaban J connectivity index is 1.72. The van der Waals surface area contributed by atoms with Crippen molar-refractivity contribution in [1.82, 2.24) is 0 Å². The highest BCUT2D eigenvalue weighted by molar-refractivity contribution is 7.08. The van der Waals surface area contributed by atoms with Gasteiger partial charge in [0, 0.05) is 23.3 Å². The molecule has 3 atom stereocenters. The number of hydrogen-bond donors (Lipinski definition) is 0. The number of hydrogen-bond acceptors (Lipinski definition) is 4. The summed E-state index contributed by atoms with van der Waals surface area (Å²) in [6.45, 7) is 5.03. The van der Waals surface area contributed by atoms with Crippen LogP contribution in [0.3, 0.4) is 0 Å². The lowest BCUT2D eigenvalue weighted by Gasteiger charge is -2.53. The van der Waals surface area contributed by atoms with E-state index in [-0.39, 0.29) is 23.6 Å². The molecule has 2 heterocycles. The summed E-state index contributed by atoms with van der Waals surface area (Å²) >= 11 is 1.51. The summed E-state index contributed by atoms with van der Waals surface area (Å²) < 4.78 is 11.3. The van der Waals surface area contributed by atoms with Crippen LogP contribution in [-0.4, -0.2) is 24.8 Å². The van der Waals surface area contributed by atoms with Crippen LogP contribution in [0.25, 0.3) is 0 Å². The first-order valence-corrected chi connectivity index (χ1v) is 6.90. The Morgan fingerprint density at radius 3 is 3.12 bits per heavy atom. The van der Waals surface area contributed by atoms with Gasteiger partial charge in [-0.3, -0.25) is 0 Å². The Kier molecular flexibility index (Phi) is 2.52. The van der Waals surface area contributed by atoms with Gasteiger partial charge in [0.05, 0.1) is 11.7 Å². The molecule has 0 aromatic carbocycles. The van der Waals surface area contributed by atoms with E-state index in [0.29, 0.717) is 11.5 Å². The fourth-order valence-corrected chi connectivity index (χ4v) is 3.71. The average Bonchev–Trinajstić information content (AvgIpc) is 2.95. The second-order valence-electron chi connectivity index (χ2n) is 5.40. The quantitative estimate of drug-likeness (QED) is 0.759. The van der Waals surface area contributed by atoms with Crippen molar-refractivity contribution >= 4 is 17.3 Å². The van der Waals surface area contributed by atoms with Gasteiger partial charge in [-0.05, 0) is 17.9 Å². The molecular formula is C13H16O3S. The van der Waals surface area contributed by atoms with Crippen LogP contribution in [0.5, 0.6) is 0 Å². The summed E-state index contributed by atoms with van der Waals surface area (Å²) in [4.78, 5) is 11.9. The molecule has 0 amide bonds. The van der Waals surface area contributed by atoms with Gasteiger partial charge < -0.3 is 9.47 Å². The zero-order valence-corrected chi connectivity index (χ0v) is 10.8. The monoisotopic (exact) mass is 252 g/mol. The highest BCUT2D eigenvalue weighted by atomic mass is 32.1. The molecule has 4 heteroatoms. The molecule has 17 heavy (non-hydrogen) atoms. The second-order valence-corrected chi connectivity index (χ2v) is 6.18. The fraction of sp³-hybridized carbons (Fsp3) is 0.615. The van der Waals surface area contributed by atoms with E-state index < -0.39 is 0 Å². The van der Waals surface area contributed by atoms with E-state index in [1.165, 1.54) is 11.3 Å². The molecule has 1 saturated heterocycles. The van der Waals surface area contributed by atoms with Crippen molar-refractivity contribution in [3.05, 3.63) is 22.4 Å². The maximum Gasteiger partial charge on any atom is 0.339 e. The van der Waals surface area contributed by atoms with Crippen LogP contribution in [0.4, 0.5) is 0 Å². The van der Waals surface area contributed by atoms with Gasteiger partial charge in [-0.1, -0.05) is 13.8 Å². The SMILES string of the molecule is CC1(C)C2OCCC2C1OC(=O)c1ccsc1. The number of carbonyl (C=O) groups is 1. The summed E-state index contributed by atoms with van der Waals surface area (Å²) in [5.74, 6) is 0.197. The van der Waals surface area contributed by atoms with E-state index in [1.54, 1.807) is 6.07 Å². The van der Waals surface area contributed by atoms with E-state index in [0.717, 1.165) is 13.0 Å². The standard InChI is InChI=1S/C13H16O3S/c1-13(2)10-9(3-5-15-10)11(13)16-12(14)8-4-6-17-7-8/h4,6-7,9-11H,3,5H2,1-2H3. The summed E-state index contributed by atoms with van der Waals surface area (Å²) in [7, 11) is 0. The van der Waals surface area contributed by atoms with Gasteiger partial charge in [0.25, 0.3) is 0 Å². The van der Waals surface area contributed by atoms with Crippen LogP contribution in [0, 0.1) is 11.3 Å². The lowest BCUT2D eigenvalue weighted by molar-refractivity contribution is -0.183. The van der Waals surface area contributed by atoms with Gasteiger partial charge in [0.1, 0.15) is 6.10 Å². The first kappa shape index (κ1) is 11.2. The molecule has 2 fully saturated rings. The molecule has 3 rings (SSSR count). The van der Waals surface area contributed by atoms with Crippen molar-refractivity contribution in [3.8, 4) is 0 Å². The molecule has 1 aromatic heterocycles. The molecule has 0 radical (unpaired) electrons.